The molecule has 2 aromatic rings. The summed E-state index contributed by atoms with van der Waals surface area (Å²) in [6.07, 6.45) is 4.25. The summed E-state index contributed by atoms with van der Waals surface area (Å²) in [5, 5.41) is 7.63. The van der Waals surface area contributed by atoms with E-state index in [2.05, 4.69) is 10.4 Å². The van der Waals surface area contributed by atoms with E-state index in [-0.39, 0.29) is 23.6 Å². The number of aromatic nitrogens is 2. The monoisotopic (exact) mass is 495 g/mol. The first-order chi connectivity index (χ1) is 17.4. The number of hydrogen-bond donors (Lipinski definition) is 1. The molecule has 1 aromatic heterocycles. The number of rotatable bonds is 6. The summed E-state index contributed by atoms with van der Waals surface area (Å²) in [7, 11) is 4.93. The number of benzene rings is 1. The van der Waals surface area contributed by atoms with Crippen LogP contribution >= 0.6 is 0 Å². The van der Waals surface area contributed by atoms with Gasteiger partial charge in [0.1, 0.15) is 11.5 Å². The average Bonchev–Trinajstić information content (AvgIpc) is 3.67. The predicted molar refractivity (Wildman–Crippen MR) is 131 cm³/mol. The van der Waals surface area contributed by atoms with Crippen LogP contribution in [-0.4, -0.2) is 77.2 Å². The van der Waals surface area contributed by atoms with E-state index in [1.165, 1.54) is 0 Å². The van der Waals surface area contributed by atoms with Crippen LogP contribution in [0, 0.1) is 5.92 Å². The molecule has 3 heterocycles. The molecular weight excluding hydrogens is 462 g/mol. The van der Waals surface area contributed by atoms with Crippen LogP contribution in [-0.2, 0) is 24.8 Å². The van der Waals surface area contributed by atoms with Crippen molar-refractivity contribution in [3.8, 4) is 11.5 Å². The molecule has 2 fully saturated rings. The van der Waals surface area contributed by atoms with Gasteiger partial charge in [-0.3, -0.25) is 19.1 Å². The molecule has 5 rings (SSSR count). The minimum Gasteiger partial charge on any atom is -0.497 e. The number of amides is 3. The summed E-state index contributed by atoms with van der Waals surface area (Å²) in [4.78, 5) is 43.1. The van der Waals surface area contributed by atoms with E-state index in [0.29, 0.717) is 61.4 Å². The van der Waals surface area contributed by atoms with Gasteiger partial charge < -0.3 is 24.6 Å². The maximum Gasteiger partial charge on any atom is 0.274 e. The van der Waals surface area contributed by atoms with Gasteiger partial charge in [0.05, 0.1) is 26.7 Å². The van der Waals surface area contributed by atoms with Crippen LogP contribution in [0.5, 0.6) is 11.5 Å². The van der Waals surface area contributed by atoms with Gasteiger partial charge in [0, 0.05) is 62.0 Å². The molecule has 3 aliphatic rings. The van der Waals surface area contributed by atoms with Crippen molar-refractivity contribution in [2.75, 3.05) is 33.9 Å². The van der Waals surface area contributed by atoms with Crippen LogP contribution in [0.25, 0.3) is 0 Å². The summed E-state index contributed by atoms with van der Waals surface area (Å²) in [6.45, 7) is 1.81. The highest BCUT2D eigenvalue weighted by Crippen LogP contribution is 2.29. The second-order valence-corrected chi connectivity index (χ2v) is 9.85. The zero-order chi connectivity index (χ0) is 25.4. The first-order valence-electron chi connectivity index (χ1n) is 12.5. The molecule has 1 atom stereocenters. The highest BCUT2D eigenvalue weighted by atomic mass is 16.5. The molecule has 10 heteroatoms. The molecule has 0 bridgehead atoms. The summed E-state index contributed by atoms with van der Waals surface area (Å²) in [5.41, 5.74) is 2.58. The number of likely N-dealkylation sites (tertiary alicyclic amines) is 1. The quantitative estimate of drug-likeness (QED) is 0.655. The SMILES string of the molecule is COc1cc(OC)cc(C(=O)N2CCc3c(c(C(=O)N4CCC[C@@H](C(=O)NC5CC5)C4)nn3C)C2)c1. The molecule has 0 radical (unpaired) electrons. The topological polar surface area (TPSA) is 106 Å². The third kappa shape index (κ3) is 4.76. The number of nitrogens with zero attached hydrogens (tertiary/aromatic N) is 4. The molecular formula is C26H33N5O5. The number of carbonyl (C=O) groups excluding carboxylic acids is 3. The van der Waals surface area contributed by atoms with Crippen molar-refractivity contribution in [3.05, 3.63) is 40.7 Å². The predicted octanol–water partition coefficient (Wildman–Crippen LogP) is 1.77. The van der Waals surface area contributed by atoms with Crippen LogP contribution in [0.1, 0.15) is 57.8 Å². The summed E-state index contributed by atoms with van der Waals surface area (Å²) < 4.78 is 12.4. The maximum absolute atomic E-state index is 13.6. The largest absolute Gasteiger partial charge is 0.497 e. The smallest absolute Gasteiger partial charge is 0.274 e. The van der Waals surface area contributed by atoms with Gasteiger partial charge in [0.25, 0.3) is 11.8 Å². The zero-order valence-corrected chi connectivity index (χ0v) is 21.1. The third-order valence-corrected chi connectivity index (χ3v) is 7.33. The number of nitrogens with one attached hydrogen (secondary N) is 1. The molecule has 0 unspecified atom stereocenters. The molecule has 1 saturated heterocycles. The summed E-state index contributed by atoms with van der Waals surface area (Å²) >= 11 is 0. The van der Waals surface area contributed by atoms with Crippen molar-refractivity contribution >= 4 is 17.7 Å². The molecule has 1 aliphatic carbocycles. The lowest BCUT2D eigenvalue weighted by Crippen LogP contribution is -2.46. The van der Waals surface area contributed by atoms with E-state index < -0.39 is 0 Å². The first kappa shape index (κ1) is 24.1. The number of ether oxygens (including phenoxy) is 2. The molecule has 1 saturated carbocycles. The Hall–Kier alpha value is -3.56. The van der Waals surface area contributed by atoms with Crippen LogP contribution in [0.2, 0.25) is 0 Å². The minimum atomic E-state index is -0.191. The van der Waals surface area contributed by atoms with Crippen LogP contribution < -0.4 is 14.8 Å². The number of methoxy groups -OCH3 is 2. The average molecular weight is 496 g/mol. The Morgan fingerprint density at radius 2 is 1.69 bits per heavy atom. The van der Waals surface area contributed by atoms with Crippen molar-refractivity contribution in [2.24, 2.45) is 13.0 Å². The van der Waals surface area contributed by atoms with E-state index in [1.54, 1.807) is 46.9 Å². The Morgan fingerprint density at radius 1 is 0.972 bits per heavy atom. The summed E-state index contributed by atoms with van der Waals surface area (Å²) in [6, 6.07) is 5.41. The lowest BCUT2D eigenvalue weighted by molar-refractivity contribution is -0.126. The van der Waals surface area contributed by atoms with E-state index in [9.17, 15) is 14.4 Å². The molecule has 192 valence electrons. The summed E-state index contributed by atoms with van der Waals surface area (Å²) in [5.74, 6) is 0.603. The van der Waals surface area contributed by atoms with Crippen LogP contribution in [0.15, 0.2) is 18.2 Å². The second kappa shape index (κ2) is 9.83. The molecule has 36 heavy (non-hydrogen) atoms. The van der Waals surface area contributed by atoms with Crippen molar-refractivity contribution in [3.63, 3.8) is 0 Å². The Labute approximate surface area is 210 Å². The minimum absolute atomic E-state index is 0.0449. The Balaban J connectivity index is 1.34. The Bertz CT molecular complexity index is 1170. The van der Waals surface area contributed by atoms with E-state index in [1.807, 2.05) is 7.05 Å². The highest BCUT2D eigenvalue weighted by molar-refractivity contribution is 5.97. The molecule has 1 N–H and O–H groups in total. The van der Waals surface area contributed by atoms with Gasteiger partial charge in [-0.05, 0) is 37.8 Å². The molecule has 2 aliphatic heterocycles. The van der Waals surface area contributed by atoms with Gasteiger partial charge in [-0.1, -0.05) is 0 Å². The molecule has 10 nitrogen and oxygen atoms in total. The fourth-order valence-corrected chi connectivity index (χ4v) is 5.12. The van der Waals surface area contributed by atoms with Gasteiger partial charge >= 0.3 is 0 Å². The van der Waals surface area contributed by atoms with E-state index in [0.717, 1.165) is 36.9 Å². The van der Waals surface area contributed by atoms with Crippen molar-refractivity contribution in [1.82, 2.24) is 24.9 Å². The van der Waals surface area contributed by atoms with E-state index >= 15 is 0 Å². The number of aryl methyl sites for hydroxylation is 1. The van der Waals surface area contributed by atoms with Crippen molar-refractivity contribution < 1.29 is 23.9 Å². The molecule has 3 amide bonds. The number of hydrogen-bond acceptors (Lipinski definition) is 6. The highest BCUT2D eigenvalue weighted by Gasteiger charge is 2.36. The Kier molecular flexibility index (Phi) is 6.59. The number of piperidine rings is 1. The van der Waals surface area contributed by atoms with Gasteiger partial charge in [-0.2, -0.15) is 5.10 Å². The number of fused-ring (bicyclic) bond motifs is 1. The van der Waals surface area contributed by atoms with Gasteiger partial charge in [-0.15, -0.1) is 0 Å². The fraction of sp³-hybridized carbons (Fsp3) is 0.538. The van der Waals surface area contributed by atoms with E-state index in [4.69, 9.17) is 9.47 Å². The standard InChI is InChI=1S/C26H33N5O5/c1-29-22-8-10-31(25(33)17-11-19(35-2)13-20(12-17)36-3)15-21(22)23(28-29)26(34)30-9-4-5-16(14-30)24(32)27-18-6-7-18/h11-13,16,18H,4-10,14-15H2,1-3H3,(H,27,32)/t16-/m1/s1. The first-order valence-corrected chi connectivity index (χ1v) is 12.5. The van der Waals surface area contributed by atoms with Crippen molar-refractivity contribution in [2.45, 2.75) is 44.7 Å². The van der Waals surface area contributed by atoms with Crippen molar-refractivity contribution in [1.29, 1.82) is 0 Å². The molecule has 1 aromatic carbocycles. The number of carbonyl (C=O) groups is 3. The van der Waals surface area contributed by atoms with Gasteiger partial charge in [-0.25, -0.2) is 0 Å². The zero-order valence-electron chi connectivity index (χ0n) is 21.1. The fourth-order valence-electron chi connectivity index (χ4n) is 5.12. The third-order valence-electron chi connectivity index (χ3n) is 7.33. The molecule has 0 spiro atoms. The lowest BCUT2D eigenvalue weighted by atomic mass is 9.96. The normalized spacial score (nSPS) is 19.5. The second-order valence-electron chi connectivity index (χ2n) is 9.85. The van der Waals surface area contributed by atoms with Gasteiger partial charge in [0.15, 0.2) is 5.69 Å². The van der Waals surface area contributed by atoms with Gasteiger partial charge in [0.2, 0.25) is 5.91 Å². The Morgan fingerprint density at radius 3 is 2.36 bits per heavy atom. The van der Waals surface area contributed by atoms with Crippen LogP contribution in [0.4, 0.5) is 0 Å². The maximum atomic E-state index is 13.6. The van der Waals surface area contributed by atoms with Crippen LogP contribution in [0.3, 0.4) is 0 Å². The lowest BCUT2D eigenvalue weighted by Gasteiger charge is -2.32.